The molecule has 0 radical (unpaired) electrons. The van der Waals surface area contributed by atoms with Crippen LogP contribution in [0.2, 0.25) is 0 Å². The van der Waals surface area contributed by atoms with E-state index in [9.17, 15) is 0 Å². The Kier molecular flexibility index (Phi) is 5.39. The van der Waals surface area contributed by atoms with E-state index in [2.05, 4.69) is 67.6 Å². The number of nitriles is 1. The van der Waals surface area contributed by atoms with Gasteiger partial charge in [-0.1, -0.05) is 60.2 Å². The summed E-state index contributed by atoms with van der Waals surface area (Å²) in [5.74, 6) is 0. The molecule has 1 fully saturated rings. The Bertz CT molecular complexity index is 645. The molecule has 0 aliphatic carbocycles. The molecule has 1 aliphatic rings. The molecule has 0 spiro atoms. The van der Waals surface area contributed by atoms with E-state index < -0.39 is 0 Å². The Morgan fingerprint density at radius 3 is 2.18 bits per heavy atom. The first-order chi connectivity index (χ1) is 10.2. The van der Waals surface area contributed by atoms with Crippen LogP contribution in [0.1, 0.15) is 23.1 Å². The minimum atomic E-state index is 0. The molecule has 1 saturated heterocycles. The van der Waals surface area contributed by atoms with Crippen LogP contribution in [0.4, 0.5) is 0 Å². The third-order valence-corrected chi connectivity index (χ3v) is 4.50. The van der Waals surface area contributed by atoms with Gasteiger partial charge in [0, 0.05) is 11.1 Å². The lowest BCUT2D eigenvalue weighted by Crippen LogP contribution is -3.00. The molecule has 0 aromatic heterocycles. The number of quaternary nitrogens is 1. The Morgan fingerprint density at radius 1 is 1.00 bits per heavy atom. The average Bonchev–Trinajstić information content (AvgIpc) is 3.15. The van der Waals surface area contributed by atoms with Crippen molar-refractivity contribution >= 4 is 0 Å². The zero-order chi connectivity index (χ0) is 14.7. The van der Waals surface area contributed by atoms with E-state index in [1.165, 1.54) is 16.7 Å². The zero-order valence-electron chi connectivity index (χ0n) is 12.9. The lowest BCUT2D eigenvalue weighted by Gasteiger charge is -2.21. The standard InChI is InChI=1S/C19H21N2.BrH/c1-16-7-9-18(10-8-16)14-21(15-19(21)11-12-20)13-17-5-3-2-4-6-17;/h2-10,19H,11,13-15H2,1H3;1H/q+1;/p-1. The maximum absolute atomic E-state index is 9.02. The highest BCUT2D eigenvalue weighted by molar-refractivity contribution is 5.21. The van der Waals surface area contributed by atoms with Gasteiger partial charge in [0.05, 0.1) is 12.5 Å². The molecule has 2 aromatic rings. The predicted molar refractivity (Wildman–Crippen MR) is 84.2 cm³/mol. The van der Waals surface area contributed by atoms with Gasteiger partial charge < -0.3 is 21.5 Å². The molecular weight excluding hydrogens is 336 g/mol. The fraction of sp³-hybridized carbons (Fsp3) is 0.316. The number of aryl methyl sites for hydroxylation is 1. The number of halogens is 1. The highest BCUT2D eigenvalue weighted by atomic mass is 79.9. The van der Waals surface area contributed by atoms with Crippen molar-refractivity contribution in [3.05, 3.63) is 71.3 Å². The Morgan fingerprint density at radius 2 is 1.59 bits per heavy atom. The molecule has 2 aromatic carbocycles. The van der Waals surface area contributed by atoms with Crippen molar-refractivity contribution in [1.29, 1.82) is 5.26 Å². The van der Waals surface area contributed by atoms with E-state index in [1.807, 2.05) is 0 Å². The topological polar surface area (TPSA) is 23.8 Å². The van der Waals surface area contributed by atoms with E-state index in [1.54, 1.807) is 0 Å². The molecule has 22 heavy (non-hydrogen) atoms. The largest absolute Gasteiger partial charge is 1.00 e. The third-order valence-electron chi connectivity index (χ3n) is 4.50. The Balaban J connectivity index is 0.00000176. The van der Waals surface area contributed by atoms with Gasteiger partial charge in [-0.3, -0.25) is 0 Å². The summed E-state index contributed by atoms with van der Waals surface area (Å²) in [6.45, 7) is 5.30. The normalized spacial score (nSPS) is 22.5. The zero-order valence-corrected chi connectivity index (χ0v) is 14.5. The number of hydrogen-bond donors (Lipinski definition) is 0. The van der Waals surface area contributed by atoms with Gasteiger partial charge in [0.15, 0.2) is 6.04 Å². The van der Waals surface area contributed by atoms with E-state index in [0.29, 0.717) is 12.5 Å². The molecule has 3 rings (SSSR count). The first-order valence-electron chi connectivity index (χ1n) is 7.54. The molecule has 0 saturated carbocycles. The van der Waals surface area contributed by atoms with Crippen LogP contribution in [0.25, 0.3) is 0 Å². The summed E-state index contributed by atoms with van der Waals surface area (Å²) in [7, 11) is 0. The second kappa shape index (κ2) is 7.09. The van der Waals surface area contributed by atoms with Crippen molar-refractivity contribution in [1.82, 2.24) is 0 Å². The summed E-state index contributed by atoms with van der Waals surface area (Å²) in [6.07, 6.45) is 0.665. The van der Waals surface area contributed by atoms with Crippen LogP contribution >= 0.6 is 0 Å². The molecule has 2 nitrogen and oxygen atoms in total. The first-order valence-corrected chi connectivity index (χ1v) is 7.54. The number of rotatable bonds is 5. The number of benzene rings is 2. The van der Waals surface area contributed by atoms with E-state index >= 15 is 0 Å². The lowest BCUT2D eigenvalue weighted by molar-refractivity contribution is -0.841. The average molecular weight is 357 g/mol. The second-order valence-electron chi connectivity index (χ2n) is 6.20. The van der Waals surface area contributed by atoms with Crippen LogP contribution in [0.5, 0.6) is 0 Å². The van der Waals surface area contributed by atoms with Crippen molar-refractivity contribution in [3.63, 3.8) is 0 Å². The van der Waals surface area contributed by atoms with Crippen LogP contribution in [-0.4, -0.2) is 17.1 Å². The van der Waals surface area contributed by atoms with E-state index in [4.69, 9.17) is 5.26 Å². The SMILES string of the molecule is Cc1ccc(C[N+]2(Cc3ccccc3)CC2CC#N)cc1.[Br-]. The fourth-order valence-electron chi connectivity index (χ4n) is 3.18. The molecule has 1 aliphatic heterocycles. The van der Waals surface area contributed by atoms with Crippen molar-refractivity contribution in [2.45, 2.75) is 32.5 Å². The molecule has 3 heteroatoms. The molecular formula is C19H21BrN2. The summed E-state index contributed by atoms with van der Waals surface area (Å²) in [6, 6.07) is 22.3. The Labute approximate surface area is 143 Å². The summed E-state index contributed by atoms with van der Waals surface area (Å²) < 4.78 is 1.03. The maximum atomic E-state index is 9.02. The fourth-order valence-corrected chi connectivity index (χ4v) is 3.18. The number of nitrogens with zero attached hydrogens (tertiary/aromatic N) is 2. The van der Waals surface area contributed by atoms with E-state index in [-0.39, 0.29) is 17.0 Å². The quantitative estimate of drug-likeness (QED) is 0.574. The maximum Gasteiger partial charge on any atom is 0.152 e. The van der Waals surface area contributed by atoms with Crippen molar-refractivity contribution in [2.75, 3.05) is 6.54 Å². The van der Waals surface area contributed by atoms with Gasteiger partial charge in [-0.05, 0) is 6.92 Å². The van der Waals surface area contributed by atoms with Gasteiger partial charge in [0.2, 0.25) is 0 Å². The van der Waals surface area contributed by atoms with Gasteiger partial charge in [-0.15, -0.1) is 0 Å². The molecule has 2 unspecified atom stereocenters. The molecule has 0 bridgehead atoms. The highest BCUT2D eigenvalue weighted by Gasteiger charge is 2.54. The van der Waals surface area contributed by atoms with Gasteiger partial charge in [0.25, 0.3) is 0 Å². The molecule has 114 valence electrons. The van der Waals surface area contributed by atoms with Crippen molar-refractivity contribution in [3.8, 4) is 6.07 Å². The van der Waals surface area contributed by atoms with E-state index in [0.717, 1.165) is 24.1 Å². The summed E-state index contributed by atoms with van der Waals surface area (Å²) in [4.78, 5) is 0. The Hall–Kier alpha value is -1.63. The van der Waals surface area contributed by atoms with Gasteiger partial charge in [-0.2, -0.15) is 5.26 Å². The summed E-state index contributed by atoms with van der Waals surface area (Å²) >= 11 is 0. The van der Waals surface area contributed by atoms with Crippen LogP contribution in [0.3, 0.4) is 0 Å². The highest BCUT2D eigenvalue weighted by Crippen LogP contribution is 2.38. The van der Waals surface area contributed by atoms with Gasteiger partial charge in [0.1, 0.15) is 19.6 Å². The van der Waals surface area contributed by atoms with Crippen molar-refractivity contribution < 1.29 is 21.5 Å². The van der Waals surface area contributed by atoms with Crippen LogP contribution in [0.15, 0.2) is 54.6 Å². The summed E-state index contributed by atoms with van der Waals surface area (Å²) in [5, 5.41) is 9.02. The van der Waals surface area contributed by atoms with Crippen LogP contribution in [-0.2, 0) is 13.1 Å². The van der Waals surface area contributed by atoms with Crippen LogP contribution < -0.4 is 17.0 Å². The van der Waals surface area contributed by atoms with Gasteiger partial charge >= 0.3 is 0 Å². The van der Waals surface area contributed by atoms with Crippen LogP contribution in [0, 0.1) is 18.3 Å². The lowest BCUT2D eigenvalue weighted by atomic mass is 10.1. The molecule has 0 N–H and O–H groups in total. The molecule has 1 heterocycles. The number of hydrogen-bond acceptors (Lipinski definition) is 1. The summed E-state index contributed by atoms with van der Waals surface area (Å²) in [5.41, 5.74) is 4.04. The van der Waals surface area contributed by atoms with Crippen molar-refractivity contribution in [2.24, 2.45) is 0 Å². The second-order valence-corrected chi connectivity index (χ2v) is 6.20. The third kappa shape index (κ3) is 3.76. The molecule has 0 amide bonds. The molecule has 2 atom stereocenters. The minimum absolute atomic E-state index is 0. The smallest absolute Gasteiger partial charge is 0.152 e. The first kappa shape index (κ1) is 16.7. The predicted octanol–water partition coefficient (Wildman–Crippen LogP) is 0.812. The minimum Gasteiger partial charge on any atom is -1.00 e. The van der Waals surface area contributed by atoms with Gasteiger partial charge in [-0.25, -0.2) is 0 Å². The monoisotopic (exact) mass is 356 g/mol.